The van der Waals surface area contributed by atoms with Gasteiger partial charge >= 0.3 is 0 Å². The SMILES string of the molecule is COCC1(CN=C(N)N2CCOC(C)C2)CCOCC1. The van der Waals surface area contributed by atoms with E-state index in [0.29, 0.717) is 25.7 Å². The Morgan fingerprint density at radius 2 is 2.15 bits per heavy atom. The standard InChI is InChI=1S/C14H27N3O3/c1-12-9-17(5-8-20-12)13(15)16-10-14(11-18-2)3-6-19-7-4-14/h12H,3-11H2,1-2H3,(H2,15,16). The summed E-state index contributed by atoms with van der Waals surface area (Å²) >= 11 is 0. The molecule has 0 spiro atoms. The Morgan fingerprint density at radius 3 is 2.80 bits per heavy atom. The second-order valence-electron chi connectivity index (χ2n) is 5.85. The minimum atomic E-state index is 0.0789. The van der Waals surface area contributed by atoms with Crippen molar-refractivity contribution in [3.63, 3.8) is 0 Å². The number of methoxy groups -OCH3 is 1. The van der Waals surface area contributed by atoms with E-state index in [9.17, 15) is 0 Å². The lowest BCUT2D eigenvalue weighted by atomic mass is 9.81. The quantitative estimate of drug-likeness (QED) is 0.600. The summed E-state index contributed by atoms with van der Waals surface area (Å²) in [6.45, 7) is 7.41. The Balaban J connectivity index is 1.94. The van der Waals surface area contributed by atoms with Gasteiger partial charge in [0.25, 0.3) is 0 Å². The van der Waals surface area contributed by atoms with Gasteiger partial charge in [-0.25, -0.2) is 0 Å². The van der Waals surface area contributed by atoms with Gasteiger partial charge in [-0.1, -0.05) is 0 Å². The number of nitrogens with two attached hydrogens (primary N) is 1. The van der Waals surface area contributed by atoms with Crippen molar-refractivity contribution in [2.24, 2.45) is 16.1 Å². The summed E-state index contributed by atoms with van der Waals surface area (Å²) < 4.78 is 16.3. The molecular formula is C14H27N3O3. The van der Waals surface area contributed by atoms with Crippen molar-refractivity contribution in [1.82, 2.24) is 4.90 Å². The molecule has 2 saturated heterocycles. The first-order valence-electron chi connectivity index (χ1n) is 7.38. The molecule has 2 fully saturated rings. The molecule has 2 heterocycles. The molecule has 0 aromatic rings. The lowest BCUT2D eigenvalue weighted by molar-refractivity contribution is -0.0227. The molecule has 1 unspecified atom stereocenters. The van der Waals surface area contributed by atoms with Gasteiger partial charge in [0.05, 0.1) is 25.9 Å². The van der Waals surface area contributed by atoms with Crippen LogP contribution in [0.4, 0.5) is 0 Å². The highest BCUT2D eigenvalue weighted by molar-refractivity contribution is 5.78. The van der Waals surface area contributed by atoms with Crippen molar-refractivity contribution < 1.29 is 14.2 Å². The molecule has 0 saturated carbocycles. The van der Waals surface area contributed by atoms with Gasteiger partial charge in [0.1, 0.15) is 0 Å². The molecule has 2 N–H and O–H groups in total. The number of ether oxygens (including phenoxy) is 3. The van der Waals surface area contributed by atoms with Gasteiger partial charge in [-0.2, -0.15) is 0 Å². The molecule has 6 heteroatoms. The predicted octanol–water partition coefficient (Wildman–Crippen LogP) is 0.465. The second-order valence-corrected chi connectivity index (χ2v) is 5.85. The monoisotopic (exact) mass is 285 g/mol. The zero-order valence-electron chi connectivity index (χ0n) is 12.6. The molecule has 2 aliphatic heterocycles. The maximum absolute atomic E-state index is 6.13. The summed E-state index contributed by atoms with van der Waals surface area (Å²) in [5.74, 6) is 0.627. The molecule has 0 amide bonds. The van der Waals surface area contributed by atoms with Gasteiger partial charge < -0.3 is 24.8 Å². The number of aliphatic imine (C=N–C) groups is 1. The van der Waals surface area contributed by atoms with E-state index in [1.54, 1.807) is 7.11 Å². The zero-order chi connectivity index (χ0) is 14.4. The summed E-state index contributed by atoms with van der Waals surface area (Å²) in [6.07, 6.45) is 2.18. The minimum absolute atomic E-state index is 0.0789. The van der Waals surface area contributed by atoms with E-state index >= 15 is 0 Å². The maximum Gasteiger partial charge on any atom is 0.191 e. The number of nitrogens with zero attached hydrogens (tertiary/aromatic N) is 2. The predicted molar refractivity (Wildman–Crippen MR) is 77.8 cm³/mol. The fraction of sp³-hybridized carbons (Fsp3) is 0.929. The largest absolute Gasteiger partial charge is 0.384 e. The van der Waals surface area contributed by atoms with Crippen LogP contribution in [0.2, 0.25) is 0 Å². The summed E-state index contributed by atoms with van der Waals surface area (Å²) in [7, 11) is 1.74. The van der Waals surface area contributed by atoms with Crippen molar-refractivity contribution in [2.45, 2.75) is 25.9 Å². The van der Waals surface area contributed by atoms with Gasteiger partial charge in [0.2, 0.25) is 0 Å². The van der Waals surface area contributed by atoms with Crippen LogP contribution in [-0.4, -0.2) is 70.1 Å². The number of guanidine groups is 1. The van der Waals surface area contributed by atoms with Gasteiger partial charge in [-0.05, 0) is 19.8 Å². The molecule has 0 radical (unpaired) electrons. The van der Waals surface area contributed by atoms with Crippen LogP contribution in [0.15, 0.2) is 4.99 Å². The van der Waals surface area contributed by atoms with Crippen LogP contribution in [0.3, 0.4) is 0 Å². The third-order valence-corrected chi connectivity index (χ3v) is 4.15. The molecular weight excluding hydrogens is 258 g/mol. The minimum Gasteiger partial charge on any atom is -0.384 e. The fourth-order valence-corrected chi connectivity index (χ4v) is 2.83. The van der Waals surface area contributed by atoms with Crippen LogP contribution in [-0.2, 0) is 14.2 Å². The molecule has 116 valence electrons. The molecule has 1 atom stereocenters. The van der Waals surface area contributed by atoms with Gasteiger partial charge in [0, 0.05) is 38.8 Å². The van der Waals surface area contributed by atoms with E-state index < -0.39 is 0 Å². The van der Waals surface area contributed by atoms with Crippen molar-refractivity contribution in [3.05, 3.63) is 0 Å². The van der Waals surface area contributed by atoms with Crippen molar-refractivity contribution in [1.29, 1.82) is 0 Å². The Hall–Kier alpha value is -0.850. The fourth-order valence-electron chi connectivity index (χ4n) is 2.83. The molecule has 20 heavy (non-hydrogen) atoms. The summed E-state index contributed by atoms with van der Waals surface area (Å²) in [5.41, 5.74) is 6.21. The first kappa shape index (κ1) is 15.5. The average molecular weight is 285 g/mol. The molecule has 2 aliphatic rings. The van der Waals surface area contributed by atoms with E-state index in [4.69, 9.17) is 19.9 Å². The van der Waals surface area contributed by atoms with E-state index in [-0.39, 0.29) is 11.5 Å². The Kier molecular flexibility index (Phi) is 5.63. The topological polar surface area (TPSA) is 69.3 Å². The Bertz CT molecular complexity index is 324. The molecule has 6 nitrogen and oxygen atoms in total. The first-order chi connectivity index (χ1) is 9.65. The number of hydrogen-bond acceptors (Lipinski definition) is 4. The van der Waals surface area contributed by atoms with E-state index in [2.05, 4.69) is 16.8 Å². The lowest BCUT2D eigenvalue weighted by Crippen LogP contribution is -2.48. The molecule has 0 aliphatic carbocycles. The third-order valence-electron chi connectivity index (χ3n) is 4.15. The van der Waals surface area contributed by atoms with Crippen LogP contribution in [0.5, 0.6) is 0 Å². The van der Waals surface area contributed by atoms with Gasteiger partial charge in [0.15, 0.2) is 5.96 Å². The van der Waals surface area contributed by atoms with Crippen molar-refractivity contribution in [3.8, 4) is 0 Å². The molecule has 0 aromatic carbocycles. The molecule has 0 bridgehead atoms. The van der Waals surface area contributed by atoms with Crippen LogP contribution < -0.4 is 5.73 Å². The summed E-state index contributed by atoms with van der Waals surface area (Å²) in [4.78, 5) is 6.73. The van der Waals surface area contributed by atoms with E-state index in [0.717, 1.165) is 39.1 Å². The summed E-state index contributed by atoms with van der Waals surface area (Å²) in [5, 5.41) is 0. The summed E-state index contributed by atoms with van der Waals surface area (Å²) in [6, 6.07) is 0. The lowest BCUT2D eigenvalue weighted by Gasteiger charge is -2.36. The highest BCUT2D eigenvalue weighted by atomic mass is 16.5. The third kappa shape index (κ3) is 4.07. The van der Waals surface area contributed by atoms with E-state index in [1.807, 2.05) is 0 Å². The second kappa shape index (κ2) is 7.24. The number of hydrogen-bond donors (Lipinski definition) is 1. The van der Waals surface area contributed by atoms with E-state index in [1.165, 1.54) is 0 Å². The highest BCUT2D eigenvalue weighted by Crippen LogP contribution is 2.31. The number of morpholine rings is 1. The van der Waals surface area contributed by atoms with Gasteiger partial charge in [-0.15, -0.1) is 0 Å². The first-order valence-corrected chi connectivity index (χ1v) is 7.38. The van der Waals surface area contributed by atoms with Crippen LogP contribution in [0.25, 0.3) is 0 Å². The normalized spacial score (nSPS) is 27.6. The molecule has 2 rings (SSSR count). The highest BCUT2D eigenvalue weighted by Gasteiger charge is 2.33. The van der Waals surface area contributed by atoms with Crippen LogP contribution in [0, 0.1) is 5.41 Å². The Morgan fingerprint density at radius 1 is 1.40 bits per heavy atom. The van der Waals surface area contributed by atoms with Crippen molar-refractivity contribution in [2.75, 3.05) is 53.2 Å². The zero-order valence-corrected chi connectivity index (χ0v) is 12.6. The van der Waals surface area contributed by atoms with Crippen molar-refractivity contribution >= 4 is 5.96 Å². The van der Waals surface area contributed by atoms with Gasteiger partial charge in [-0.3, -0.25) is 4.99 Å². The molecule has 0 aromatic heterocycles. The smallest absolute Gasteiger partial charge is 0.191 e. The maximum atomic E-state index is 6.13. The van der Waals surface area contributed by atoms with Crippen LogP contribution in [0.1, 0.15) is 19.8 Å². The Labute approximate surface area is 121 Å². The average Bonchev–Trinajstić information content (AvgIpc) is 2.46. The number of rotatable bonds is 4. The van der Waals surface area contributed by atoms with Crippen LogP contribution >= 0.6 is 0 Å².